The summed E-state index contributed by atoms with van der Waals surface area (Å²) in [7, 11) is 0. The topological polar surface area (TPSA) is 201 Å². The maximum Gasteiger partial charge on any atom is 0.426 e. The number of nitrogens with one attached hydrogen (secondary N) is 1. The van der Waals surface area contributed by atoms with Crippen LogP contribution in [-0.2, 0) is 47.2 Å². The van der Waals surface area contributed by atoms with Gasteiger partial charge in [0.25, 0.3) is 23.6 Å². The third kappa shape index (κ3) is 12.9. The van der Waals surface area contributed by atoms with Gasteiger partial charge in [-0.05, 0) is 91.2 Å². The highest BCUT2D eigenvalue weighted by Gasteiger charge is 2.60. The number of aromatic nitrogens is 6. The Balaban J connectivity index is 1.13. The van der Waals surface area contributed by atoms with Crippen LogP contribution in [0.5, 0.6) is 11.8 Å². The van der Waals surface area contributed by atoms with E-state index in [1.54, 1.807) is 44.2 Å². The molecule has 6 heterocycles. The Morgan fingerprint density at radius 2 is 1.02 bits per heavy atom. The van der Waals surface area contributed by atoms with E-state index < -0.39 is 136 Å². The summed E-state index contributed by atoms with van der Waals surface area (Å²) in [6.07, 6.45) is -24.6. The van der Waals surface area contributed by atoms with Crippen LogP contribution in [0.2, 0.25) is 0 Å². The normalized spacial score (nSPS) is 21.2. The minimum absolute atomic E-state index is 0.0311. The number of nitrogens with two attached hydrogens (primary N) is 1. The molecular formula is C54H58F12N8O6. The SMILES string of the molecule is CC(C)(C)c1cccc(CC2CCCCC[C@](O)(C(F)(F)F)c3nnc(o3)-c3nc(c(C(F)(F)F)cc3NCC(C)(C)c3cccc(CC4CCCCC[C@](O)(C(F)(F)F)c5nnc(o5)-c5nc(c(C(F)(F)F)cc5N)O4)c3)O2)c1. The summed E-state index contributed by atoms with van der Waals surface area (Å²) < 4.78 is 200. The zero-order chi connectivity index (χ0) is 58.4. The van der Waals surface area contributed by atoms with Crippen LogP contribution < -0.4 is 20.5 Å². The van der Waals surface area contributed by atoms with Crippen LogP contribution in [0.3, 0.4) is 0 Å². The van der Waals surface area contributed by atoms with Crippen LogP contribution >= 0.6 is 0 Å². The second-order valence-electron chi connectivity index (χ2n) is 22.0. The van der Waals surface area contributed by atoms with Gasteiger partial charge in [-0.15, -0.1) is 20.4 Å². The Labute approximate surface area is 450 Å². The molecule has 6 aromatic rings. The third-order valence-electron chi connectivity index (χ3n) is 14.4. The first-order chi connectivity index (χ1) is 37.2. The van der Waals surface area contributed by atoms with Crippen molar-refractivity contribution in [2.75, 3.05) is 17.6 Å². The van der Waals surface area contributed by atoms with Crippen molar-refractivity contribution in [3.05, 3.63) is 106 Å². The minimum atomic E-state index is -5.31. The monoisotopic (exact) mass is 1140 g/mol. The van der Waals surface area contributed by atoms with Gasteiger partial charge in [-0.1, -0.05) is 96.0 Å². The quantitative estimate of drug-likeness (QED) is 0.105. The van der Waals surface area contributed by atoms with Gasteiger partial charge in [0.05, 0.1) is 11.4 Å². The maximum atomic E-state index is 15.3. The summed E-state index contributed by atoms with van der Waals surface area (Å²) in [5, 5.41) is 39.1. The molecule has 80 heavy (non-hydrogen) atoms. The molecule has 26 heteroatoms. The first kappa shape index (κ1) is 59.4. The van der Waals surface area contributed by atoms with Crippen LogP contribution in [0.4, 0.5) is 64.1 Å². The second kappa shape index (κ2) is 22.0. The molecule has 0 fully saturated rings. The summed E-state index contributed by atoms with van der Waals surface area (Å²) in [6.45, 7) is 9.14. The average molecular weight is 1140 g/mol. The summed E-state index contributed by atoms with van der Waals surface area (Å²) >= 11 is 0. The van der Waals surface area contributed by atoms with Gasteiger partial charge in [-0.25, -0.2) is 9.97 Å². The fourth-order valence-electron chi connectivity index (χ4n) is 9.58. The van der Waals surface area contributed by atoms with E-state index in [2.05, 4.69) is 35.7 Å². The van der Waals surface area contributed by atoms with Crippen molar-refractivity contribution in [3.63, 3.8) is 0 Å². The highest BCUT2D eigenvalue weighted by Crippen LogP contribution is 2.48. The molecule has 4 aromatic heterocycles. The lowest BCUT2D eigenvalue weighted by Crippen LogP contribution is -2.42. The van der Waals surface area contributed by atoms with Crippen molar-refractivity contribution >= 4 is 11.4 Å². The lowest BCUT2D eigenvalue weighted by atomic mass is 9.83. The molecule has 0 aliphatic carbocycles. The molecule has 8 bridgehead atoms. The number of nitrogens with zero attached hydrogens (tertiary/aromatic N) is 6. The summed E-state index contributed by atoms with van der Waals surface area (Å²) in [6, 6.07) is 15.1. The van der Waals surface area contributed by atoms with Crippen molar-refractivity contribution in [3.8, 4) is 34.9 Å². The molecule has 2 aliphatic rings. The molecule has 0 saturated carbocycles. The van der Waals surface area contributed by atoms with E-state index in [0.717, 1.165) is 11.1 Å². The van der Waals surface area contributed by atoms with E-state index in [9.17, 15) is 49.7 Å². The van der Waals surface area contributed by atoms with E-state index in [1.165, 1.54) is 0 Å². The second-order valence-corrected chi connectivity index (χ2v) is 22.0. The van der Waals surface area contributed by atoms with Crippen LogP contribution in [-0.4, -0.2) is 71.7 Å². The average Bonchev–Trinajstić information content (AvgIpc) is 4.14. The Bertz CT molecular complexity index is 3150. The Hall–Kier alpha value is -6.70. The molecule has 0 amide bonds. The van der Waals surface area contributed by atoms with Crippen molar-refractivity contribution in [1.29, 1.82) is 0 Å². The molecule has 0 radical (unpaired) electrons. The molecule has 0 saturated heterocycles. The van der Waals surface area contributed by atoms with Gasteiger partial charge in [-0.3, -0.25) is 0 Å². The van der Waals surface area contributed by atoms with E-state index in [1.807, 2.05) is 39.0 Å². The molecule has 4 atom stereocenters. The summed E-state index contributed by atoms with van der Waals surface area (Å²) in [5.74, 6) is -6.02. The zero-order valence-corrected chi connectivity index (χ0v) is 43.9. The number of hydrogen-bond acceptors (Lipinski definition) is 14. The molecule has 434 valence electrons. The van der Waals surface area contributed by atoms with Crippen LogP contribution in [0, 0.1) is 0 Å². The standard InChI is InChI=1S/C54H58F12N8O6/c1-47(2,3)31-16-12-14-29(22-31)24-33-18-8-6-11-21-50(76,54(64,65)66)46-74-72-44(80-46)40-38(27-36(52(58,59)60)42(70-40)78-33)68-28-48(4,5)32-17-13-15-30(23-32)25-34-19-9-7-10-20-49(75,53(61,62)63)45-73-71-43(79-45)39-37(67)26-35(51(55,56)57)41(69-39)77-34/h12-17,22-23,26-27,33-34,68,75-76H,6-11,18-21,24-25,28,67H2,1-5H3/t33?,34?,49-,50-/m1/s1. The molecule has 0 spiro atoms. The predicted molar refractivity (Wildman–Crippen MR) is 265 cm³/mol. The fourth-order valence-corrected chi connectivity index (χ4v) is 9.58. The van der Waals surface area contributed by atoms with Crippen molar-refractivity contribution in [2.24, 2.45) is 0 Å². The first-order valence-electron chi connectivity index (χ1n) is 25.7. The number of nitrogen functional groups attached to an aromatic ring is 1. The number of anilines is 2. The first-order valence-corrected chi connectivity index (χ1v) is 25.7. The van der Waals surface area contributed by atoms with Crippen molar-refractivity contribution < 1.29 is 81.2 Å². The van der Waals surface area contributed by atoms with Gasteiger partial charge in [0.2, 0.25) is 23.0 Å². The number of aliphatic hydroxyl groups is 2. The number of pyridine rings is 2. The zero-order valence-electron chi connectivity index (χ0n) is 43.9. The number of fused-ring (bicyclic) bond motifs is 10. The molecular weight excluding hydrogens is 1080 g/mol. The van der Waals surface area contributed by atoms with Gasteiger partial charge in [0.15, 0.2) is 11.4 Å². The number of hydrogen-bond donors (Lipinski definition) is 4. The molecule has 2 aliphatic heterocycles. The lowest BCUT2D eigenvalue weighted by Gasteiger charge is -2.29. The molecule has 14 nitrogen and oxygen atoms in total. The largest absolute Gasteiger partial charge is 0.474 e. The molecule has 8 rings (SSSR count). The van der Waals surface area contributed by atoms with Crippen LogP contribution in [0.1, 0.15) is 144 Å². The van der Waals surface area contributed by atoms with Gasteiger partial charge in [0.1, 0.15) is 23.3 Å². The van der Waals surface area contributed by atoms with E-state index in [4.69, 9.17) is 24.0 Å². The number of halogens is 12. The number of ether oxygens (including phenoxy) is 2. The summed E-state index contributed by atoms with van der Waals surface area (Å²) in [5.41, 5.74) is -5.09. The van der Waals surface area contributed by atoms with Gasteiger partial charge >= 0.3 is 24.7 Å². The van der Waals surface area contributed by atoms with E-state index >= 15 is 13.2 Å². The van der Waals surface area contributed by atoms with Gasteiger partial charge in [-0.2, -0.15) is 52.7 Å². The van der Waals surface area contributed by atoms with Crippen LogP contribution in [0.15, 0.2) is 69.5 Å². The maximum absolute atomic E-state index is 15.3. The number of alkyl halides is 12. The van der Waals surface area contributed by atoms with Gasteiger partial charge < -0.3 is 39.6 Å². The van der Waals surface area contributed by atoms with E-state index in [0.29, 0.717) is 23.3 Å². The van der Waals surface area contributed by atoms with Crippen molar-refractivity contribution in [2.45, 2.75) is 171 Å². The van der Waals surface area contributed by atoms with Crippen molar-refractivity contribution in [1.82, 2.24) is 30.4 Å². The van der Waals surface area contributed by atoms with E-state index in [-0.39, 0.29) is 76.2 Å². The van der Waals surface area contributed by atoms with Gasteiger partial charge in [0, 0.05) is 24.8 Å². The third-order valence-corrected chi connectivity index (χ3v) is 14.4. The molecule has 2 unspecified atom stereocenters. The lowest BCUT2D eigenvalue weighted by molar-refractivity contribution is -0.277. The minimum Gasteiger partial charge on any atom is -0.474 e. The highest BCUT2D eigenvalue weighted by molar-refractivity contribution is 5.71. The Kier molecular flexibility index (Phi) is 16.3. The van der Waals surface area contributed by atoms with Crippen LogP contribution in [0.25, 0.3) is 23.2 Å². The molecule has 2 aromatic carbocycles. The Morgan fingerprint density at radius 3 is 1.50 bits per heavy atom. The summed E-state index contributed by atoms with van der Waals surface area (Å²) in [4.78, 5) is 8.18. The highest BCUT2D eigenvalue weighted by atomic mass is 19.4. The Morgan fingerprint density at radius 1 is 0.575 bits per heavy atom. The molecule has 5 N–H and O–H groups in total. The number of rotatable bonds is 8. The predicted octanol–water partition coefficient (Wildman–Crippen LogP) is 13.3. The fraction of sp³-hybridized carbons (Fsp3) is 0.519. The number of benzene rings is 2. The smallest absolute Gasteiger partial charge is 0.426 e.